The molecule has 0 nitrogen and oxygen atoms in total. The van der Waals surface area contributed by atoms with Crippen molar-refractivity contribution < 1.29 is 0 Å². The summed E-state index contributed by atoms with van der Waals surface area (Å²) < 4.78 is 0. The van der Waals surface area contributed by atoms with E-state index in [1.807, 2.05) is 0 Å². The van der Waals surface area contributed by atoms with Gasteiger partial charge in [0.15, 0.2) is 0 Å². The van der Waals surface area contributed by atoms with Crippen molar-refractivity contribution in [3.63, 3.8) is 0 Å². The van der Waals surface area contributed by atoms with E-state index in [1.54, 1.807) is 0 Å². The minimum absolute atomic E-state index is 0.931. The Hall–Kier alpha value is 0.0900. The molecule has 1 heterocycles. The normalized spacial score (nSPS) is 37.8. The second kappa shape index (κ2) is 3.66. The summed E-state index contributed by atoms with van der Waals surface area (Å²) >= 11 is 2.07. The van der Waals surface area contributed by atoms with Crippen LogP contribution in [-0.2, 0) is 0 Å². The maximum absolute atomic E-state index is 2.43. The van der Waals surface area contributed by atoms with Crippen LogP contribution in [0.5, 0.6) is 0 Å². The lowest BCUT2D eigenvalue weighted by Gasteiger charge is -2.20. The molecule has 11 heavy (non-hydrogen) atoms. The lowest BCUT2D eigenvalue weighted by molar-refractivity contribution is 0.450. The number of hydrogen-bond donors (Lipinski definition) is 0. The van der Waals surface area contributed by atoms with E-state index in [0.717, 1.165) is 11.2 Å². The van der Waals surface area contributed by atoms with E-state index in [-0.39, 0.29) is 0 Å². The van der Waals surface area contributed by atoms with Gasteiger partial charge in [-0.3, -0.25) is 0 Å². The van der Waals surface area contributed by atoms with E-state index in [2.05, 4.69) is 23.2 Å². The van der Waals surface area contributed by atoms with E-state index >= 15 is 0 Å². The summed E-state index contributed by atoms with van der Waals surface area (Å²) in [5, 5.41) is 3.27. The van der Waals surface area contributed by atoms with Crippen LogP contribution in [0, 0.1) is 5.92 Å². The van der Waals surface area contributed by atoms with Crippen LogP contribution in [-0.4, -0.2) is 5.25 Å². The van der Waals surface area contributed by atoms with Gasteiger partial charge >= 0.3 is 0 Å². The highest BCUT2D eigenvalue weighted by Crippen LogP contribution is 2.37. The Bertz CT molecular complexity index is 151. The summed E-state index contributed by atoms with van der Waals surface area (Å²) in [6.07, 6.45) is 11.2. The van der Waals surface area contributed by atoms with E-state index in [9.17, 15) is 0 Å². The van der Waals surface area contributed by atoms with Crippen molar-refractivity contribution in [1.82, 2.24) is 0 Å². The highest BCUT2D eigenvalue weighted by atomic mass is 32.2. The Kier molecular flexibility index (Phi) is 2.57. The maximum atomic E-state index is 2.43. The first kappa shape index (κ1) is 7.72. The zero-order valence-corrected chi connectivity index (χ0v) is 7.78. The zero-order chi connectivity index (χ0) is 7.52. The molecule has 1 saturated carbocycles. The third kappa shape index (κ3) is 1.81. The molecule has 0 radical (unpaired) electrons. The fourth-order valence-electron chi connectivity index (χ4n) is 2.12. The highest BCUT2D eigenvalue weighted by Gasteiger charge is 2.23. The predicted molar refractivity (Wildman–Crippen MR) is 51.7 cm³/mol. The monoisotopic (exact) mass is 168 g/mol. The van der Waals surface area contributed by atoms with Gasteiger partial charge in [0.1, 0.15) is 0 Å². The van der Waals surface area contributed by atoms with Crippen molar-refractivity contribution in [1.29, 1.82) is 0 Å². The fraction of sp³-hybridized carbons (Fsp3) is 0.800. The topological polar surface area (TPSA) is 0 Å². The van der Waals surface area contributed by atoms with Gasteiger partial charge < -0.3 is 0 Å². The van der Waals surface area contributed by atoms with Crippen molar-refractivity contribution in [3.05, 3.63) is 11.5 Å². The Morgan fingerprint density at radius 3 is 2.73 bits per heavy atom. The molecule has 0 spiro atoms. The summed E-state index contributed by atoms with van der Waals surface area (Å²) in [4.78, 5) is 0. The van der Waals surface area contributed by atoms with Gasteiger partial charge in [-0.25, -0.2) is 0 Å². The molecule has 0 N–H and O–H groups in total. The highest BCUT2D eigenvalue weighted by molar-refractivity contribution is 8.03. The van der Waals surface area contributed by atoms with Gasteiger partial charge in [-0.1, -0.05) is 31.8 Å². The molecule has 0 saturated heterocycles. The number of allylic oxidation sites excluding steroid dienone is 1. The fourth-order valence-corrected chi connectivity index (χ4v) is 3.34. The molecule has 1 fully saturated rings. The van der Waals surface area contributed by atoms with Crippen molar-refractivity contribution >= 4 is 11.8 Å². The second-order valence-electron chi connectivity index (χ2n) is 3.66. The smallest absolute Gasteiger partial charge is 0.0151 e. The molecule has 0 aromatic heterocycles. The van der Waals surface area contributed by atoms with Crippen LogP contribution in [0.3, 0.4) is 0 Å². The van der Waals surface area contributed by atoms with Crippen LogP contribution in [0.15, 0.2) is 11.5 Å². The second-order valence-corrected chi connectivity index (χ2v) is 4.81. The predicted octanol–water partition coefficient (Wildman–Crippen LogP) is 3.59. The first-order valence-electron chi connectivity index (χ1n) is 4.79. The summed E-state index contributed by atoms with van der Waals surface area (Å²) in [5.41, 5.74) is 0. The third-order valence-corrected chi connectivity index (χ3v) is 4.08. The molecule has 0 aromatic carbocycles. The standard InChI is InChI=1S/C10H16S/c1-2-4-6-10-9(5-3-1)7-8-11-10/h7-10H,1-6H2/t9-,10?/m1/s1. The van der Waals surface area contributed by atoms with Crippen LogP contribution < -0.4 is 0 Å². The molecular formula is C10H16S. The molecule has 1 unspecified atom stereocenters. The minimum Gasteiger partial charge on any atom is -0.130 e. The summed E-state index contributed by atoms with van der Waals surface area (Å²) in [6, 6.07) is 0. The van der Waals surface area contributed by atoms with Gasteiger partial charge in [0.2, 0.25) is 0 Å². The van der Waals surface area contributed by atoms with Crippen molar-refractivity contribution in [2.75, 3.05) is 0 Å². The van der Waals surface area contributed by atoms with Gasteiger partial charge in [0.25, 0.3) is 0 Å². The van der Waals surface area contributed by atoms with Crippen LogP contribution in [0.1, 0.15) is 38.5 Å². The van der Waals surface area contributed by atoms with Gasteiger partial charge in [-0.2, -0.15) is 0 Å². The molecule has 1 aliphatic carbocycles. The lowest BCUT2D eigenvalue weighted by Crippen LogP contribution is -2.13. The van der Waals surface area contributed by atoms with Crippen molar-refractivity contribution in [3.8, 4) is 0 Å². The molecule has 1 heteroatoms. The van der Waals surface area contributed by atoms with E-state index in [0.29, 0.717) is 0 Å². The summed E-state index contributed by atoms with van der Waals surface area (Å²) in [5.74, 6) is 0.931. The average Bonchev–Trinajstić information content (AvgIpc) is 2.35. The molecule has 2 aliphatic rings. The molecule has 2 rings (SSSR count). The van der Waals surface area contributed by atoms with E-state index in [1.165, 1.54) is 38.5 Å². The van der Waals surface area contributed by atoms with E-state index < -0.39 is 0 Å². The molecule has 62 valence electrons. The molecule has 2 atom stereocenters. The summed E-state index contributed by atoms with van der Waals surface area (Å²) in [6.45, 7) is 0. The Labute approximate surface area is 73.4 Å². The first-order chi connectivity index (χ1) is 5.47. The van der Waals surface area contributed by atoms with Crippen molar-refractivity contribution in [2.45, 2.75) is 43.8 Å². The number of hydrogen-bond acceptors (Lipinski definition) is 1. The van der Waals surface area contributed by atoms with Crippen LogP contribution in [0.25, 0.3) is 0 Å². The SMILES string of the molecule is C1=C[C@H]2CCCCCCC2S1. The van der Waals surface area contributed by atoms with E-state index in [4.69, 9.17) is 0 Å². The Balaban J connectivity index is 1.93. The average molecular weight is 168 g/mol. The molecule has 0 bridgehead atoms. The number of thioether (sulfide) groups is 1. The van der Waals surface area contributed by atoms with Crippen LogP contribution in [0.4, 0.5) is 0 Å². The Morgan fingerprint density at radius 2 is 1.82 bits per heavy atom. The molecular weight excluding hydrogens is 152 g/mol. The largest absolute Gasteiger partial charge is 0.130 e. The molecule has 1 aliphatic heterocycles. The Morgan fingerprint density at radius 1 is 1.00 bits per heavy atom. The summed E-state index contributed by atoms with van der Waals surface area (Å²) in [7, 11) is 0. The minimum atomic E-state index is 0.931. The lowest BCUT2D eigenvalue weighted by atomic mass is 9.91. The number of rotatable bonds is 0. The zero-order valence-electron chi connectivity index (χ0n) is 6.96. The first-order valence-corrected chi connectivity index (χ1v) is 5.73. The quantitative estimate of drug-likeness (QED) is 0.532. The van der Waals surface area contributed by atoms with Gasteiger partial charge in [-0.15, -0.1) is 11.8 Å². The third-order valence-electron chi connectivity index (χ3n) is 2.83. The van der Waals surface area contributed by atoms with Crippen LogP contribution in [0.2, 0.25) is 0 Å². The van der Waals surface area contributed by atoms with Crippen molar-refractivity contribution in [2.24, 2.45) is 5.92 Å². The van der Waals surface area contributed by atoms with Gasteiger partial charge in [-0.05, 0) is 24.2 Å². The molecule has 0 amide bonds. The van der Waals surface area contributed by atoms with Crippen LogP contribution >= 0.6 is 11.8 Å². The maximum Gasteiger partial charge on any atom is 0.0151 e. The molecule has 0 aromatic rings. The van der Waals surface area contributed by atoms with Gasteiger partial charge in [0, 0.05) is 5.25 Å². The number of fused-ring (bicyclic) bond motifs is 1. The van der Waals surface area contributed by atoms with Gasteiger partial charge in [0.05, 0.1) is 0 Å².